The van der Waals surface area contributed by atoms with Crippen LogP contribution in [0.25, 0.3) is 0 Å². The van der Waals surface area contributed by atoms with Crippen molar-refractivity contribution in [2.24, 2.45) is 5.92 Å². The quantitative estimate of drug-likeness (QED) is 0.585. The summed E-state index contributed by atoms with van der Waals surface area (Å²) in [5.41, 5.74) is 0.586. The number of rotatable bonds is 1. The van der Waals surface area contributed by atoms with Gasteiger partial charge in [0.1, 0.15) is 0 Å². The zero-order valence-corrected chi connectivity index (χ0v) is 6.82. The first-order chi connectivity index (χ1) is 4.85. The molecule has 10 heavy (non-hydrogen) atoms. The Hall–Kier alpha value is -0.0400. The summed E-state index contributed by atoms with van der Waals surface area (Å²) in [6.07, 6.45) is 7.17. The van der Waals surface area contributed by atoms with Crippen molar-refractivity contribution in [1.29, 1.82) is 0 Å². The molecule has 2 unspecified atom stereocenters. The van der Waals surface area contributed by atoms with Crippen molar-refractivity contribution in [2.75, 3.05) is 6.54 Å². The Morgan fingerprint density at radius 2 is 2.50 bits per heavy atom. The Labute approximate surface area is 63.2 Å². The first kappa shape index (κ1) is 6.66. The zero-order valence-electron chi connectivity index (χ0n) is 6.82. The van der Waals surface area contributed by atoms with Crippen molar-refractivity contribution >= 4 is 0 Å². The van der Waals surface area contributed by atoms with Crippen LogP contribution in [0, 0.1) is 5.92 Å². The molecule has 1 heterocycles. The van der Waals surface area contributed by atoms with Gasteiger partial charge in [0, 0.05) is 5.54 Å². The van der Waals surface area contributed by atoms with Gasteiger partial charge in [-0.2, -0.15) is 0 Å². The topological polar surface area (TPSA) is 12.0 Å². The highest BCUT2D eigenvalue weighted by Crippen LogP contribution is 2.39. The van der Waals surface area contributed by atoms with E-state index < -0.39 is 0 Å². The summed E-state index contributed by atoms with van der Waals surface area (Å²) < 4.78 is 0. The number of hydrogen-bond donors (Lipinski definition) is 1. The van der Waals surface area contributed by atoms with Crippen LogP contribution < -0.4 is 5.32 Å². The molecule has 1 aliphatic heterocycles. The fraction of sp³-hybridized carbons (Fsp3) is 1.00. The van der Waals surface area contributed by atoms with E-state index in [2.05, 4.69) is 12.2 Å². The highest BCUT2D eigenvalue weighted by molar-refractivity contribution is 4.98. The SMILES string of the molecule is CCC12CCCC(CN1)C2. The number of nitrogens with one attached hydrogen (secondary N) is 1. The van der Waals surface area contributed by atoms with Gasteiger partial charge in [0.25, 0.3) is 0 Å². The van der Waals surface area contributed by atoms with Gasteiger partial charge in [-0.1, -0.05) is 13.3 Å². The van der Waals surface area contributed by atoms with Crippen molar-refractivity contribution in [3.05, 3.63) is 0 Å². The van der Waals surface area contributed by atoms with Crippen molar-refractivity contribution < 1.29 is 0 Å². The summed E-state index contributed by atoms with van der Waals surface area (Å²) >= 11 is 0. The van der Waals surface area contributed by atoms with Crippen LogP contribution in [-0.2, 0) is 0 Å². The predicted octanol–water partition coefficient (Wildman–Crippen LogP) is 1.93. The summed E-state index contributed by atoms with van der Waals surface area (Å²) in [6, 6.07) is 0. The predicted molar refractivity (Wildman–Crippen MR) is 43.0 cm³/mol. The summed E-state index contributed by atoms with van der Waals surface area (Å²) in [5.74, 6) is 1.02. The standard InChI is InChI=1S/C9H17N/c1-2-9-5-3-4-8(6-9)7-10-9/h8,10H,2-7H2,1H3. The molecule has 0 spiro atoms. The summed E-state index contributed by atoms with van der Waals surface area (Å²) in [4.78, 5) is 0. The number of fused-ring (bicyclic) bond motifs is 2. The highest BCUT2D eigenvalue weighted by atomic mass is 15.0. The van der Waals surface area contributed by atoms with Gasteiger partial charge in [0.2, 0.25) is 0 Å². The molecule has 2 bridgehead atoms. The molecule has 2 fully saturated rings. The Kier molecular flexibility index (Phi) is 1.48. The van der Waals surface area contributed by atoms with E-state index in [1.165, 1.54) is 38.6 Å². The average Bonchev–Trinajstić information content (AvgIpc) is 2.29. The molecule has 1 saturated heterocycles. The molecule has 2 aliphatic rings. The molecule has 2 atom stereocenters. The van der Waals surface area contributed by atoms with Gasteiger partial charge in [-0.15, -0.1) is 0 Å². The Morgan fingerprint density at radius 3 is 3.20 bits per heavy atom. The molecule has 0 aromatic rings. The normalized spacial score (nSPS) is 45.9. The lowest BCUT2D eigenvalue weighted by Gasteiger charge is -2.31. The van der Waals surface area contributed by atoms with Crippen molar-refractivity contribution in [1.82, 2.24) is 5.32 Å². The summed E-state index contributed by atoms with van der Waals surface area (Å²) in [6.45, 7) is 3.62. The van der Waals surface area contributed by atoms with Crippen LogP contribution in [0.2, 0.25) is 0 Å². The molecule has 2 rings (SSSR count). The van der Waals surface area contributed by atoms with Crippen molar-refractivity contribution in [3.8, 4) is 0 Å². The third-order valence-corrected chi connectivity index (χ3v) is 3.39. The highest BCUT2D eigenvalue weighted by Gasteiger charge is 2.39. The van der Waals surface area contributed by atoms with E-state index in [4.69, 9.17) is 0 Å². The molecular weight excluding hydrogens is 122 g/mol. The second kappa shape index (κ2) is 2.23. The van der Waals surface area contributed by atoms with Crippen LogP contribution in [0.15, 0.2) is 0 Å². The van der Waals surface area contributed by atoms with Crippen LogP contribution in [0.5, 0.6) is 0 Å². The first-order valence-electron chi connectivity index (χ1n) is 4.60. The van der Waals surface area contributed by atoms with Crippen LogP contribution >= 0.6 is 0 Å². The lowest BCUT2D eigenvalue weighted by molar-refractivity contribution is 0.274. The zero-order chi connectivity index (χ0) is 7.03. The maximum absolute atomic E-state index is 3.68. The molecule has 0 aromatic heterocycles. The smallest absolute Gasteiger partial charge is 0.0182 e. The summed E-state index contributed by atoms with van der Waals surface area (Å²) in [5, 5.41) is 3.68. The molecule has 58 valence electrons. The van der Waals surface area contributed by atoms with Gasteiger partial charge >= 0.3 is 0 Å². The Morgan fingerprint density at radius 1 is 1.60 bits per heavy atom. The van der Waals surface area contributed by atoms with E-state index in [9.17, 15) is 0 Å². The van der Waals surface area contributed by atoms with Crippen molar-refractivity contribution in [2.45, 2.75) is 44.6 Å². The maximum atomic E-state index is 3.68. The average molecular weight is 139 g/mol. The molecule has 1 saturated carbocycles. The minimum atomic E-state index is 0.586. The van der Waals surface area contributed by atoms with Gasteiger partial charge < -0.3 is 5.32 Å². The van der Waals surface area contributed by atoms with Crippen molar-refractivity contribution in [3.63, 3.8) is 0 Å². The van der Waals surface area contributed by atoms with Gasteiger partial charge in [-0.05, 0) is 38.1 Å². The van der Waals surface area contributed by atoms with E-state index in [0.717, 1.165) is 5.92 Å². The lowest BCUT2D eigenvalue weighted by atomic mass is 9.79. The largest absolute Gasteiger partial charge is 0.311 e. The van der Waals surface area contributed by atoms with Gasteiger partial charge in [-0.3, -0.25) is 0 Å². The second-order valence-corrected chi connectivity index (χ2v) is 3.98. The van der Waals surface area contributed by atoms with E-state index >= 15 is 0 Å². The van der Waals surface area contributed by atoms with E-state index in [0.29, 0.717) is 5.54 Å². The van der Waals surface area contributed by atoms with Gasteiger partial charge in [0.15, 0.2) is 0 Å². The monoisotopic (exact) mass is 139 g/mol. The van der Waals surface area contributed by atoms with E-state index in [1.54, 1.807) is 0 Å². The second-order valence-electron chi connectivity index (χ2n) is 3.98. The van der Waals surface area contributed by atoms with Crippen LogP contribution in [0.4, 0.5) is 0 Å². The minimum absolute atomic E-state index is 0.586. The minimum Gasteiger partial charge on any atom is -0.311 e. The van der Waals surface area contributed by atoms with Crippen LogP contribution in [-0.4, -0.2) is 12.1 Å². The fourth-order valence-corrected chi connectivity index (χ4v) is 2.63. The van der Waals surface area contributed by atoms with Gasteiger partial charge in [-0.25, -0.2) is 0 Å². The molecular formula is C9H17N. The summed E-state index contributed by atoms with van der Waals surface area (Å²) in [7, 11) is 0. The third kappa shape index (κ3) is 0.878. The molecule has 1 N–H and O–H groups in total. The molecule has 0 aromatic carbocycles. The van der Waals surface area contributed by atoms with Crippen LogP contribution in [0.1, 0.15) is 39.0 Å². The number of hydrogen-bond acceptors (Lipinski definition) is 1. The van der Waals surface area contributed by atoms with Gasteiger partial charge in [0.05, 0.1) is 0 Å². The van der Waals surface area contributed by atoms with Crippen LogP contribution in [0.3, 0.4) is 0 Å². The van der Waals surface area contributed by atoms with E-state index in [-0.39, 0.29) is 0 Å². The first-order valence-corrected chi connectivity index (χ1v) is 4.60. The Balaban J connectivity index is 2.10. The maximum Gasteiger partial charge on any atom is 0.0182 e. The fourth-order valence-electron chi connectivity index (χ4n) is 2.63. The third-order valence-electron chi connectivity index (χ3n) is 3.39. The van der Waals surface area contributed by atoms with E-state index in [1.807, 2.05) is 0 Å². The molecule has 1 heteroatoms. The molecule has 1 nitrogen and oxygen atoms in total. The lowest BCUT2D eigenvalue weighted by Crippen LogP contribution is -2.39. The molecule has 0 amide bonds. The molecule has 1 aliphatic carbocycles. The molecule has 0 radical (unpaired) electrons. The Bertz CT molecular complexity index is 129.